The molecule has 0 aliphatic carbocycles. The number of pyridine rings is 2. The Balaban J connectivity index is 1.53. The van der Waals surface area contributed by atoms with Crippen molar-refractivity contribution in [2.45, 2.75) is 13.0 Å². The molecule has 1 aliphatic rings. The maximum absolute atomic E-state index is 15.9. The largest absolute Gasteiger partial charge is 0.490 e. The summed E-state index contributed by atoms with van der Waals surface area (Å²) in [5.74, 6) is -1.33. The number of benzene rings is 2. The summed E-state index contributed by atoms with van der Waals surface area (Å²) < 4.78 is 44.5. The first-order valence-electron chi connectivity index (χ1n) is 13.8. The number of halogens is 2. The molecule has 0 spiro atoms. The zero-order valence-electron chi connectivity index (χ0n) is 23.2. The number of fused-ring (bicyclic) bond motifs is 3. The molecule has 0 fully saturated rings. The monoisotopic (exact) mass is 582 g/mol. The standard InChI is InChI=1S/C33H28F2N4O2S/c1-39-9-6-19-13-20(3-4-27(19)39)32-33-24(7-12-42-33)29(30-25(35)15-23(34)16-28(30)41-11-10-40-2)31(38-32)22-14-21-17-36-8-5-26(21)37-18-22/h3-4,6-7,9,12-16,18,36H,5,8,10-11,17H2,1-2H3. The first-order valence-corrected chi connectivity index (χ1v) is 14.7. The van der Waals surface area contributed by atoms with Crippen molar-refractivity contribution in [2.75, 3.05) is 26.9 Å². The van der Waals surface area contributed by atoms with Crippen LogP contribution in [-0.4, -0.2) is 41.4 Å². The van der Waals surface area contributed by atoms with Crippen LogP contribution in [0.15, 0.2) is 66.3 Å². The van der Waals surface area contributed by atoms with Crippen LogP contribution in [0.4, 0.5) is 8.78 Å². The Morgan fingerprint density at radius 1 is 1.00 bits per heavy atom. The average Bonchev–Trinajstić information content (AvgIpc) is 3.63. The highest BCUT2D eigenvalue weighted by molar-refractivity contribution is 7.17. The highest BCUT2D eigenvalue weighted by Crippen LogP contribution is 2.47. The van der Waals surface area contributed by atoms with Crippen LogP contribution < -0.4 is 10.1 Å². The van der Waals surface area contributed by atoms with Crippen LogP contribution >= 0.6 is 11.3 Å². The maximum atomic E-state index is 15.9. The van der Waals surface area contributed by atoms with Gasteiger partial charge in [0, 0.05) is 96.9 Å². The third-order valence-electron chi connectivity index (χ3n) is 7.77. The van der Waals surface area contributed by atoms with E-state index in [0.717, 1.165) is 68.1 Å². The van der Waals surface area contributed by atoms with Gasteiger partial charge in [0.05, 0.1) is 28.3 Å². The van der Waals surface area contributed by atoms with Crippen molar-refractivity contribution in [3.05, 3.63) is 89.2 Å². The zero-order valence-corrected chi connectivity index (χ0v) is 24.0. The lowest BCUT2D eigenvalue weighted by Crippen LogP contribution is -2.24. The van der Waals surface area contributed by atoms with Gasteiger partial charge in [-0.15, -0.1) is 11.3 Å². The molecule has 42 heavy (non-hydrogen) atoms. The molecule has 6 aromatic rings. The summed E-state index contributed by atoms with van der Waals surface area (Å²) in [7, 11) is 3.57. The molecule has 0 radical (unpaired) electrons. The number of thiophene rings is 1. The van der Waals surface area contributed by atoms with Crippen molar-refractivity contribution in [3.8, 4) is 39.4 Å². The van der Waals surface area contributed by atoms with Gasteiger partial charge in [0.2, 0.25) is 0 Å². The van der Waals surface area contributed by atoms with E-state index in [1.165, 1.54) is 6.07 Å². The predicted octanol–water partition coefficient (Wildman–Crippen LogP) is 7.13. The first kappa shape index (κ1) is 26.7. The summed E-state index contributed by atoms with van der Waals surface area (Å²) in [5.41, 5.74) is 7.03. The van der Waals surface area contributed by atoms with Gasteiger partial charge in [0.1, 0.15) is 24.0 Å². The minimum atomic E-state index is -0.719. The molecular formula is C33H28F2N4O2S. The van der Waals surface area contributed by atoms with E-state index in [4.69, 9.17) is 19.4 Å². The van der Waals surface area contributed by atoms with Crippen molar-refractivity contribution in [3.63, 3.8) is 0 Å². The molecule has 0 saturated heterocycles. The molecule has 212 valence electrons. The number of hydrogen-bond donors (Lipinski definition) is 1. The number of hydrogen-bond acceptors (Lipinski definition) is 6. The molecule has 1 N–H and O–H groups in total. The van der Waals surface area contributed by atoms with Crippen molar-refractivity contribution < 1.29 is 18.3 Å². The van der Waals surface area contributed by atoms with Gasteiger partial charge < -0.3 is 19.4 Å². The molecule has 0 unspecified atom stereocenters. The van der Waals surface area contributed by atoms with Crippen LogP contribution in [0, 0.1) is 11.6 Å². The quantitative estimate of drug-likeness (QED) is 0.203. The zero-order chi connectivity index (χ0) is 28.8. The second-order valence-electron chi connectivity index (χ2n) is 10.4. The van der Waals surface area contributed by atoms with Gasteiger partial charge in [-0.25, -0.2) is 13.8 Å². The van der Waals surface area contributed by atoms with Crippen LogP contribution in [0.5, 0.6) is 5.75 Å². The number of rotatable bonds is 7. The van der Waals surface area contributed by atoms with Crippen LogP contribution in [-0.2, 0) is 24.8 Å². The summed E-state index contributed by atoms with van der Waals surface area (Å²) in [6, 6.07) is 14.5. The fraction of sp³-hybridized carbons (Fsp3) is 0.212. The third-order valence-corrected chi connectivity index (χ3v) is 8.69. The minimum absolute atomic E-state index is 0.103. The predicted molar refractivity (Wildman–Crippen MR) is 163 cm³/mol. The van der Waals surface area contributed by atoms with E-state index in [1.54, 1.807) is 18.4 Å². The van der Waals surface area contributed by atoms with Crippen LogP contribution in [0.2, 0.25) is 0 Å². The number of aryl methyl sites for hydroxylation is 1. The third kappa shape index (κ3) is 4.63. The van der Waals surface area contributed by atoms with Crippen molar-refractivity contribution in [1.29, 1.82) is 0 Å². The molecule has 4 aromatic heterocycles. The van der Waals surface area contributed by atoms with Crippen molar-refractivity contribution >= 4 is 32.3 Å². The summed E-state index contributed by atoms with van der Waals surface area (Å²) in [6.45, 7) is 1.99. The SMILES string of the molecule is COCCOc1cc(F)cc(F)c1-c1c(-c2cnc3c(c2)CNCC3)nc(-c2ccc3c(ccn3C)c2)c2sccc12. The van der Waals surface area contributed by atoms with Gasteiger partial charge in [0.25, 0.3) is 0 Å². The number of methoxy groups -OCH3 is 1. The summed E-state index contributed by atoms with van der Waals surface area (Å²) >= 11 is 1.54. The lowest BCUT2D eigenvalue weighted by molar-refractivity contribution is 0.146. The number of aromatic nitrogens is 3. The molecule has 9 heteroatoms. The highest BCUT2D eigenvalue weighted by Gasteiger charge is 2.26. The van der Waals surface area contributed by atoms with Gasteiger partial charge in [-0.1, -0.05) is 6.07 Å². The van der Waals surface area contributed by atoms with Crippen LogP contribution in [0.1, 0.15) is 11.3 Å². The minimum Gasteiger partial charge on any atom is -0.490 e. The molecular weight excluding hydrogens is 554 g/mol. The number of nitrogens with zero attached hydrogens (tertiary/aromatic N) is 3. The Bertz CT molecular complexity index is 1970. The summed E-state index contributed by atoms with van der Waals surface area (Å²) in [5, 5.41) is 7.30. The Kier molecular flexibility index (Phi) is 6.93. The number of ether oxygens (including phenoxy) is 2. The molecule has 0 bridgehead atoms. The topological polar surface area (TPSA) is 61.2 Å². The van der Waals surface area contributed by atoms with E-state index in [9.17, 15) is 4.39 Å². The molecule has 2 aromatic carbocycles. The van der Waals surface area contributed by atoms with E-state index < -0.39 is 11.6 Å². The second-order valence-corrected chi connectivity index (χ2v) is 11.3. The molecule has 0 amide bonds. The van der Waals surface area contributed by atoms with E-state index >= 15 is 4.39 Å². The molecule has 7 rings (SSSR count). The van der Waals surface area contributed by atoms with Gasteiger partial charge >= 0.3 is 0 Å². The Hall–Kier alpha value is -4.18. The molecule has 6 nitrogen and oxygen atoms in total. The summed E-state index contributed by atoms with van der Waals surface area (Å²) in [6.07, 6.45) is 4.68. The first-order chi connectivity index (χ1) is 20.5. The molecule has 1 aliphatic heterocycles. The van der Waals surface area contributed by atoms with Gasteiger partial charge in [-0.3, -0.25) is 4.98 Å². The fourth-order valence-electron chi connectivity index (χ4n) is 5.74. The maximum Gasteiger partial charge on any atom is 0.137 e. The van der Waals surface area contributed by atoms with Crippen molar-refractivity contribution in [1.82, 2.24) is 19.9 Å². The normalized spacial score (nSPS) is 13.1. The van der Waals surface area contributed by atoms with Crippen molar-refractivity contribution in [2.24, 2.45) is 7.05 Å². The van der Waals surface area contributed by atoms with Gasteiger partial charge in [-0.05, 0) is 41.3 Å². The Morgan fingerprint density at radius 2 is 1.90 bits per heavy atom. The molecule has 0 atom stereocenters. The molecule has 0 saturated carbocycles. The van der Waals surface area contributed by atoms with E-state index in [-0.39, 0.29) is 24.5 Å². The number of nitrogens with one attached hydrogen (secondary N) is 1. The highest BCUT2D eigenvalue weighted by atomic mass is 32.1. The van der Waals surface area contributed by atoms with Crippen LogP contribution in [0.25, 0.3) is 54.6 Å². The summed E-state index contributed by atoms with van der Waals surface area (Å²) in [4.78, 5) is 10.0. The van der Waals surface area contributed by atoms with Crippen LogP contribution in [0.3, 0.4) is 0 Å². The second kappa shape index (κ2) is 10.9. The average molecular weight is 583 g/mol. The smallest absolute Gasteiger partial charge is 0.137 e. The van der Waals surface area contributed by atoms with Gasteiger partial charge in [0.15, 0.2) is 0 Å². The van der Waals surface area contributed by atoms with E-state index in [0.29, 0.717) is 17.8 Å². The molecule has 5 heterocycles. The van der Waals surface area contributed by atoms with Gasteiger partial charge in [-0.2, -0.15) is 0 Å². The Labute approximate surface area is 245 Å². The van der Waals surface area contributed by atoms with E-state index in [2.05, 4.69) is 40.2 Å². The van der Waals surface area contributed by atoms with E-state index in [1.807, 2.05) is 30.9 Å². The lowest BCUT2D eigenvalue weighted by Gasteiger charge is -2.20. The lowest BCUT2D eigenvalue weighted by atomic mass is 9.93. The Morgan fingerprint density at radius 3 is 2.79 bits per heavy atom. The fourth-order valence-corrected chi connectivity index (χ4v) is 6.65.